The number of imidazole rings is 2. The van der Waals surface area contributed by atoms with E-state index in [1.165, 1.54) is 0 Å². The zero-order valence-electron chi connectivity index (χ0n) is 12.6. The molecule has 1 unspecified atom stereocenters. The van der Waals surface area contributed by atoms with Crippen LogP contribution in [0.4, 0.5) is 0 Å². The molecule has 1 fully saturated rings. The van der Waals surface area contributed by atoms with Crippen molar-refractivity contribution in [2.24, 2.45) is 7.05 Å². The first-order valence-corrected chi connectivity index (χ1v) is 7.37. The summed E-state index contributed by atoms with van der Waals surface area (Å²) in [6, 6.07) is 0. The molecule has 0 saturated carbocycles. The van der Waals surface area contributed by atoms with E-state index in [1.807, 2.05) is 35.8 Å². The lowest BCUT2D eigenvalue weighted by Crippen LogP contribution is -2.41. The van der Waals surface area contributed by atoms with Gasteiger partial charge in [-0.15, -0.1) is 0 Å². The van der Waals surface area contributed by atoms with Crippen molar-refractivity contribution >= 4 is 5.91 Å². The minimum atomic E-state index is 0.156. The number of aryl methyl sites for hydroxylation is 2. The van der Waals surface area contributed by atoms with Crippen LogP contribution in [-0.4, -0.2) is 43.0 Å². The van der Waals surface area contributed by atoms with Crippen molar-refractivity contribution in [3.8, 4) is 0 Å². The number of hydrogen-bond donors (Lipinski definition) is 0. The molecule has 21 heavy (non-hydrogen) atoms. The Morgan fingerprint density at radius 3 is 3.00 bits per heavy atom. The number of hydrogen-bond acceptors (Lipinski definition) is 3. The molecule has 6 heteroatoms. The maximum Gasteiger partial charge on any atom is 0.242 e. The molecule has 6 nitrogen and oxygen atoms in total. The van der Waals surface area contributed by atoms with Crippen LogP contribution in [0, 0.1) is 6.92 Å². The standard InChI is InChI=1S/C15H21N5O/c1-12-8-18(2)15(17-12)13-4-3-6-20(9-13)14(21)10-19-7-5-16-11-19/h5,7-8,11,13H,3-4,6,9-10H2,1-2H3. The Morgan fingerprint density at radius 1 is 1.48 bits per heavy atom. The Hall–Kier alpha value is -2.11. The van der Waals surface area contributed by atoms with Gasteiger partial charge in [0.2, 0.25) is 5.91 Å². The lowest BCUT2D eigenvalue weighted by Gasteiger charge is -2.32. The molecule has 1 saturated heterocycles. The number of aromatic nitrogens is 4. The highest BCUT2D eigenvalue weighted by Gasteiger charge is 2.27. The second kappa shape index (κ2) is 5.71. The van der Waals surface area contributed by atoms with Gasteiger partial charge in [-0.3, -0.25) is 4.79 Å². The summed E-state index contributed by atoms with van der Waals surface area (Å²) in [4.78, 5) is 22.9. The average molecular weight is 287 g/mol. The van der Waals surface area contributed by atoms with E-state index in [9.17, 15) is 4.79 Å². The quantitative estimate of drug-likeness (QED) is 0.856. The normalized spacial score (nSPS) is 19.0. The third-order valence-corrected chi connectivity index (χ3v) is 4.05. The van der Waals surface area contributed by atoms with Crippen LogP contribution in [0.5, 0.6) is 0 Å². The second-order valence-corrected chi connectivity index (χ2v) is 5.77. The highest BCUT2D eigenvalue weighted by Crippen LogP contribution is 2.26. The molecule has 2 aromatic heterocycles. The Bertz CT molecular complexity index is 616. The van der Waals surface area contributed by atoms with Gasteiger partial charge in [0.1, 0.15) is 12.4 Å². The van der Waals surface area contributed by atoms with Crippen molar-refractivity contribution in [2.45, 2.75) is 32.2 Å². The average Bonchev–Trinajstić information content (AvgIpc) is 3.08. The molecule has 3 rings (SSSR count). The predicted molar refractivity (Wildman–Crippen MR) is 78.7 cm³/mol. The van der Waals surface area contributed by atoms with E-state index in [0.29, 0.717) is 12.5 Å². The van der Waals surface area contributed by atoms with E-state index in [-0.39, 0.29) is 5.91 Å². The number of carbonyl (C=O) groups excluding carboxylic acids is 1. The second-order valence-electron chi connectivity index (χ2n) is 5.77. The monoisotopic (exact) mass is 287 g/mol. The lowest BCUT2D eigenvalue weighted by molar-refractivity contribution is -0.133. The van der Waals surface area contributed by atoms with E-state index in [1.54, 1.807) is 12.5 Å². The first kappa shape index (κ1) is 13.9. The summed E-state index contributed by atoms with van der Waals surface area (Å²) in [6.07, 6.45) is 9.37. The summed E-state index contributed by atoms with van der Waals surface area (Å²) >= 11 is 0. The Kier molecular flexibility index (Phi) is 3.77. The van der Waals surface area contributed by atoms with Crippen molar-refractivity contribution in [3.63, 3.8) is 0 Å². The molecule has 0 aliphatic carbocycles. The third-order valence-electron chi connectivity index (χ3n) is 4.05. The van der Waals surface area contributed by atoms with E-state index in [4.69, 9.17) is 0 Å². The topological polar surface area (TPSA) is 56.0 Å². The minimum Gasteiger partial charge on any atom is -0.340 e. The largest absolute Gasteiger partial charge is 0.340 e. The van der Waals surface area contributed by atoms with Gasteiger partial charge in [-0.05, 0) is 19.8 Å². The molecule has 1 aliphatic heterocycles. The van der Waals surface area contributed by atoms with Crippen molar-refractivity contribution in [1.29, 1.82) is 0 Å². The van der Waals surface area contributed by atoms with Crippen LogP contribution in [0.25, 0.3) is 0 Å². The highest BCUT2D eigenvalue weighted by atomic mass is 16.2. The first-order chi connectivity index (χ1) is 10.1. The summed E-state index contributed by atoms with van der Waals surface area (Å²) in [5.74, 6) is 1.58. The van der Waals surface area contributed by atoms with Gasteiger partial charge in [0.25, 0.3) is 0 Å². The molecule has 0 bridgehead atoms. The fourth-order valence-corrected chi connectivity index (χ4v) is 3.06. The first-order valence-electron chi connectivity index (χ1n) is 7.37. The molecule has 1 amide bonds. The van der Waals surface area contributed by atoms with E-state index < -0.39 is 0 Å². The summed E-state index contributed by atoms with van der Waals surface area (Å²) in [7, 11) is 2.03. The van der Waals surface area contributed by atoms with Crippen LogP contribution in [0.1, 0.15) is 30.3 Å². The summed E-state index contributed by atoms with van der Waals surface area (Å²) in [5, 5.41) is 0. The predicted octanol–water partition coefficient (Wildman–Crippen LogP) is 1.33. The molecule has 2 aromatic rings. The number of rotatable bonds is 3. The van der Waals surface area contributed by atoms with Gasteiger partial charge < -0.3 is 14.0 Å². The summed E-state index contributed by atoms with van der Waals surface area (Å²) in [5.41, 5.74) is 1.04. The number of piperidine rings is 1. The van der Waals surface area contributed by atoms with Crippen LogP contribution in [0.15, 0.2) is 24.9 Å². The van der Waals surface area contributed by atoms with E-state index >= 15 is 0 Å². The van der Waals surface area contributed by atoms with Crippen molar-refractivity contribution in [3.05, 3.63) is 36.4 Å². The third kappa shape index (κ3) is 2.99. The van der Waals surface area contributed by atoms with Crippen LogP contribution in [0.3, 0.4) is 0 Å². The van der Waals surface area contributed by atoms with E-state index in [2.05, 4.69) is 14.5 Å². The van der Waals surface area contributed by atoms with Crippen molar-refractivity contribution in [1.82, 2.24) is 24.0 Å². The number of amides is 1. The molecule has 1 atom stereocenters. The molecule has 0 N–H and O–H groups in total. The molecule has 112 valence electrons. The fraction of sp³-hybridized carbons (Fsp3) is 0.533. The van der Waals surface area contributed by atoms with Gasteiger partial charge >= 0.3 is 0 Å². The Labute approximate surface area is 124 Å². The Morgan fingerprint density at radius 2 is 2.33 bits per heavy atom. The van der Waals surface area contributed by atoms with Crippen LogP contribution in [0.2, 0.25) is 0 Å². The fourth-order valence-electron chi connectivity index (χ4n) is 3.06. The Balaban J connectivity index is 1.68. The number of nitrogens with zero attached hydrogens (tertiary/aromatic N) is 5. The molecule has 3 heterocycles. The minimum absolute atomic E-state index is 0.156. The lowest BCUT2D eigenvalue weighted by atomic mass is 9.97. The summed E-state index contributed by atoms with van der Waals surface area (Å²) in [6.45, 7) is 3.98. The molecular weight excluding hydrogens is 266 g/mol. The van der Waals surface area contributed by atoms with Crippen molar-refractivity contribution in [2.75, 3.05) is 13.1 Å². The molecule has 0 spiro atoms. The van der Waals surface area contributed by atoms with Gasteiger partial charge in [0.15, 0.2) is 0 Å². The molecule has 0 radical (unpaired) electrons. The number of carbonyl (C=O) groups is 1. The SMILES string of the molecule is Cc1cn(C)c(C2CCCN(C(=O)Cn3ccnc3)C2)n1. The summed E-state index contributed by atoms with van der Waals surface area (Å²) < 4.78 is 3.90. The van der Waals surface area contributed by atoms with Gasteiger partial charge in [-0.1, -0.05) is 0 Å². The zero-order chi connectivity index (χ0) is 14.8. The maximum atomic E-state index is 12.4. The molecule has 1 aliphatic rings. The molecular formula is C15H21N5O. The maximum absolute atomic E-state index is 12.4. The van der Waals surface area contributed by atoms with Crippen molar-refractivity contribution < 1.29 is 4.79 Å². The smallest absolute Gasteiger partial charge is 0.242 e. The van der Waals surface area contributed by atoms with Gasteiger partial charge in [0.05, 0.1) is 12.0 Å². The van der Waals surface area contributed by atoms with Gasteiger partial charge in [-0.2, -0.15) is 0 Å². The number of likely N-dealkylation sites (tertiary alicyclic amines) is 1. The van der Waals surface area contributed by atoms with Gasteiger partial charge in [-0.25, -0.2) is 9.97 Å². The van der Waals surface area contributed by atoms with Gasteiger partial charge in [0, 0.05) is 44.6 Å². The van der Waals surface area contributed by atoms with Crippen LogP contribution >= 0.6 is 0 Å². The van der Waals surface area contributed by atoms with Crippen LogP contribution in [-0.2, 0) is 18.4 Å². The zero-order valence-corrected chi connectivity index (χ0v) is 12.6. The molecule has 0 aromatic carbocycles. The highest BCUT2D eigenvalue weighted by molar-refractivity contribution is 5.76. The van der Waals surface area contributed by atoms with E-state index in [0.717, 1.165) is 37.4 Å². The van der Waals surface area contributed by atoms with Crippen LogP contribution < -0.4 is 0 Å².